The van der Waals surface area contributed by atoms with Gasteiger partial charge in [-0.3, -0.25) is 0 Å². The minimum absolute atomic E-state index is 0. The second kappa shape index (κ2) is 8.17. The molecule has 0 saturated heterocycles. The zero-order chi connectivity index (χ0) is 14.5. The van der Waals surface area contributed by atoms with Crippen molar-refractivity contribution in [1.29, 1.82) is 0 Å². The van der Waals surface area contributed by atoms with Crippen LogP contribution in [0.1, 0.15) is 25.0 Å². The van der Waals surface area contributed by atoms with Crippen LogP contribution in [0, 0.1) is 5.92 Å². The summed E-state index contributed by atoms with van der Waals surface area (Å²) >= 11 is 0. The lowest BCUT2D eigenvalue weighted by atomic mass is 9.85. The van der Waals surface area contributed by atoms with E-state index in [0.29, 0.717) is 18.4 Å². The second-order valence-electron chi connectivity index (χ2n) is 5.39. The predicted octanol–water partition coefficient (Wildman–Crippen LogP) is 3.16. The van der Waals surface area contributed by atoms with Gasteiger partial charge in [0.1, 0.15) is 12.0 Å². The predicted molar refractivity (Wildman–Crippen MR) is 98.0 cm³/mol. The molecular formula is C16H21IN4O. The highest BCUT2D eigenvalue weighted by Crippen LogP contribution is 2.25. The Balaban J connectivity index is 0.00000176. The molecule has 2 aromatic rings. The van der Waals surface area contributed by atoms with Crippen molar-refractivity contribution in [2.45, 2.75) is 25.8 Å². The van der Waals surface area contributed by atoms with Gasteiger partial charge in [0.15, 0.2) is 5.96 Å². The van der Waals surface area contributed by atoms with Gasteiger partial charge in [0, 0.05) is 12.1 Å². The van der Waals surface area contributed by atoms with Crippen molar-refractivity contribution in [3.8, 4) is 11.5 Å². The Kier molecular flexibility index (Phi) is 6.23. The van der Waals surface area contributed by atoms with Gasteiger partial charge in [0.05, 0.1) is 6.54 Å². The first-order valence-electron chi connectivity index (χ1n) is 7.35. The molecule has 5 nitrogen and oxygen atoms in total. The molecule has 1 aromatic heterocycles. The number of nitrogens with two attached hydrogens (primary N) is 1. The number of hydrogen-bond donors (Lipinski definition) is 2. The Hall–Kier alpha value is -1.57. The van der Waals surface area contributed by atoms with E-state index >= 15 is 0 Å². The largest absolute Gasteiger partial charge is 0.444 e. The monoisotopic (exact) mass is 412 g/mol. The Labute approximate surface area is 147 Å². The topological polar surface area (TPSA) is 76.4 Å². The molecule has 0 amide bonds. The highest BCUT2D eigenvalue weighted by atomic mass is 127. The number of nitrogens with zero attached hydrogens (tertiary/aromatic N) is 2. The fourth-order valence-electron chi connectivity index (χ4n) is 2.26. The highest BCUT2D eigenvalue weighted by Gasteiger charge is 2.16. The van der Waals surface area contributed by atoms with Gasteiger partial charge < -0.3 is 15.5 Å². The van der Waals surface area contributed by atoms with E-state index in [0.717, 1.165) is 23.7 Å². The molecule has 0 unspecified atom stereocenters. The van der Waals surface area contributed by atoms with Gasteiger partial charge in [-0.15, -0.1) is 24.0 Å². The average molecular weight is 412 g/mol. The number of nitrogens with one attached hydrogen (secondary N) is 1. The second-order valence-corrected chi connectivity index (χ2v) is 5.39. The SMILES string of the molecule is I.NC(=NCc1coc(-c2ccccc2)n1)NCC1CCC1. The maximum Gasteiger partial charge on any atom is 0.226 e. The summed E-state index contributed by atoms with van der Waals surface area (Å²) in [6.07, 6.45) is 5.56. The maximum atomic E-state index is 5.85. The van der Waals surface area contributed by atoms with Crippen molar-refractivity contribution in [3.05, 3.63) is 42.3 Å². The van der Waals surface area contributed by atoms with Gasteiger partial charge in [0.2, 0.25) is 5.89 Å². The average Bonchev–Trinajstić information content (AvgIpc) is 2.93. The Morgan fingerprint density at radius 1 is 1.32 bits per heavy atom. The van der Waals surface area contributed by atoms with Gasteiger partial charge in [0.25, 0.3) is 0 Å². The Morgan fingerprint density at radius 2 is 2.09 bits per heavy atom. The van der Waals surface area contributed by atoms with E-state index in [9.17, 15) is 0 Å². The minimum atomic E-state index is 0. The van der Waals surface area contributed by atoms with Crippen LogP contribution in [0.4, 0.5) is 0 Å². The lowest BCUT2D eigenvalue weighted by Gasteiger charge is -2.25. The normalized spacial score (nSPS) is 15.0. The molecule has 3 N–H and O–H groups in total. The van der Waals surface area contributed by atoms with Crippen LogP contribution in [0.5, 0.6) is 0 Å². The van der Waals surface area contributed by atoms with Crippen LogP contribution >= 0.6 is 24.0 Å². The van der Waals surface area contributed by atoms with Gasteiger partial charge in [-0.05, 0) is 30.9 Å². The maximum absolute atomic E-state index is 5.85. The fraction of sp³-hybridized carbons (Fsp3) is 0.375. The van der Waals surface area contributed by atoms with E-state index in [4.69, 9.17) is 10.2 Å². The van der Waals surface area contributed by atoms with E-state index in [2.05, 4.69) is 15.3 Å². The molecule has 0 aliphatic heterocycles. The summed E-state index contributed by atoms with van der Waals surface area (Å²) in [5.74, 6) is 1.85. The van der Waals surface area contributed by atoms with Gasteiger partial charge >= 0.3 is 0 Å². The van der Waals surface area contributed by atoms with Gasteiger partial charge in [-0.25, -0.2) is 9.98 Å². The molecule has 6 heteroatoms. The summed E-state index contributed by atoms with van der Waals surface area (Å²) in [4.78, 5) is 8.71. The van der Waals surface area contributed by atoms with E-state index in [1.807, 2.05) is 30.3 Å². The number of guanidine groups is 1. The van der Waals surface area contributed by atoms with Crippen LogP contribution in [0.25, 0.3) is 11.5 Å². The molecule has 3 rings (SSSR count). The summed E-state index contributed by atoms with van der Waals surface area (Å²) in [6, 6.07) is 9.81. The quantitative estimate of drug-likeness (QED) is 0.450. The third kappa shape index (κ3) is 4.46. The summed E-state index contributed by atoms with van der Waals surface area (Å²) in [5, 5.41) is 3.16. The number of aliphatic imine (C=N–C) groups is 1. The molecule has 1 heterocycles. The van der Waals surface area contributed by atoms with Crippen LogP contribution in [0.15, 0.2) is 46.0 Å². The third-order valence-corrected chi connectivity index (χ3v) is 3.78. The standard InChI is InChI=1S/C16H20N4O.HI/c17-16(18-9-12-5-4-6-12)19-10-14-11-21-15(20-14)13-7-2-1-3-8-13;/h1-3,7-8,11-12H,4-6,9-10H2,(H3,17,18,19);1H. The number of rotatable bonds is 5. The zero-order valence-electron chi connectivity index (χ0n) is 12.4. The third-order valence-electron chi connectivity index (χ3n) is 3.78. The fourth-order valence-corrected chi connectivity index (χ4v) is 2.26. The number of halogens is 1. The molecule has 0 spiro atoms. The number of hydrogen-bond acceptors (Lipinski definition) is 3. The molecule has 1 aliphatic rings. The molecule has 0 bridgehead atoms. The van der Waals surface area contributed by atoms with E-state index in [1.165, 1.54) is 19.3 Å². The lowest BCUT2D eigenvalue weighted by molar-refractivity contribution is 0.315. The van der Waals surface area contributed by atoms with Crippen molar-refractivity contribution < 1.29 is 4.42 Å². The van der Waals surface area contributed by atoms with Crippen molar-refractivity contribution in [2.24, 2.45) is 16.6 Å². The molecule has 0 atom stereocenters. The number of benzene rings is 1. The Bertz CT molecular complexity index is 608. The summed E-state index contributed by atoms with van der Waals surface area (Å²) < 4.78 is 5.47. The van der Waals surface area contributed by atoms with Crippen LogP contribution in [-0.2, 0) is 6.54 Å². The molecule has 118 valence electrons. The molecule has 1 fully saturated rings. The Morgan fingerprint density at radius 3 is 2.77 bits per heavy atom. The minimum Gasteiger partial charge on any atom is -0.444 e. The zero-order valence-corrected chi connectivity index (χ0v) is 14.7. The number of aromatic nitrogens is 1. The molecule has 1 aliphatic carbocycles. The smallest absolute Gasteiger partial charge is 0.226 e. The lowest BCUT2D eigenvalue weighted by Crippen LogP contribution is -2.37. The van der Waals surface area contributed by atoms with E-state index in [1.54, 1.807) is 6.26 Å². The summed E-state index contributed by atoms with van der Waals surface area (Å²) in [7, 11) is 0. The van der Waals surface area contributed by atoms with Crippen LogP contribution in [-0.4, -0.2) is 17.5 Å². The highest BCUT2D eigenvalue weighted by molar-refractivity contribution is 14.0. The first-order chi connectivity index (χ1) is 10.3. The summed E-state index contributed by atoms with van der Waals surface area (Å²) in [6.45, 7) is 1.35. The van der Waals surface area contributed by atoms with Crippen LogP contribution in [0.2, 0.25) is 0 Å². The van der Waals surface area contributed by atoms with Gasteiger partial charge in [-0.1, -0.05) is 24.6 Å². The van der Waals surface area contributed by atoms with Crippen LogP contribution < -0.4 is 11.1 Å². The van der Waals surface area contributed by atoms with Crippen molar-refractivity contribution in [1.82, 2.24) is 10.3 Å². The van der Waals surface area contributed by atoms with Crippen molar-refractivity contribution in [2.75, 3.05) is 6.54 Å². The molecule has 22 heavy (non-hydrogen) atoms. The van der Waals surface area contributed by atoms with Crippen LogP contribution in [0.3, 0.4) is 0 Å². The van der Waals surface area contributed by atoms with Crippen molar-refractivity contribution >= 4 is 29.9 Å². The first kappa shape index (κ1) is 16.8. The van der Waals surface area contributed by atoms with Gasteiger partial charge in [-0.2, -0.15) is 0 Å². The molecular weight excluding hydrogens is 391 g/mol. The number of oxazole rings is 1. The molecule has 1 saturated carbocycles. The molecule has 1 aromatic carbocycles. The first-order valence-corrected chi connectivity index (χ1v) is 7.35. The van der Waals surface area contributed by atoms with E-state index < -0.39 is 0 Å². The summed E-state index contributed by atoms with van der Waals surface area (Å²) in [5.41, 5.74) is 7.59. The van der Waals surface area contributed by atoms with Crippen molar-refractivity contribution in [3.63, 3.8) is 0 Å². The van der Waals surface area contributed by atoms with E-state index in [-0.39, 0.29) is 24.0 Å². The molecule has 0 radical (unpaired) electrons.